The lowest BCUT2D eigenvalue weighted by atomic mass is 9.80. The van der Waals surface area contributed by atoms with Crippen molar-refractivity contribution < 1.29 is 41.7 Å². The summed E-state index contributed by atoms with van der Waals surface area (Å²) in [6, 6.07) is 60.7. The fourth-order valence-electron chi connectivity index (χ4n) is 8.39. The minimum absolute atomic E-state index is 0. The largest absolute Gasteiger partial charge is 0.488 e. The second kappa shape index (κ2) is 35.9. The van der Waals surface area contributed by atoms with E-state index in [1.165, 1.54) is 91.8 Å². The van der Waals surface area contributed by atoms with E-state index < -0.39 is 16.3 Å². The molecule has 16 nitrogen and oxygen atoms in total. The first kappa shape index (κ1) is 73.4. The van der Waals surface area contributed by atoms with Crippen molar-refractivity contribution in [3.05, 3.63) is 292 Å². The van der Waals surface area contributed by atoms with Gasteiger partial charge in [-0.1, -0.05) is 108 Å². The smallest absolute Gasteiger partial charge is 0.423 e. The maximum absolute atomic E-state index is 12.9. The molecule has 3 aromatic heterocycles. The lowest BCUT2D eigenvalue weighted by Crippen LogP contribution is -2.29. The first-order chi connectivity index (χ1) is 45.1. The van der Waals surface area contributed by atoms with Gasteiger partial charge in [-0.05, 0) is 177 Å². The number of nitriles is 2. The summed E-state index contributed by atoms with van der Waals surface area (Å²) in [5, 5.41) is 37.4. The van der Waals surface area contributed by atoms with E-state index in [1.807, 2.05) is 60.7 Å². The molecule has 13 rings (SSSR count). The van der Waals surface area contributed by atoms with Crippen LogP contribution in [0.15, 0.2) is 236 Å². The van der Waals surface area contributed by atoms with E-state index in [-0.39, 0.29) is 40.1 Å². The number of benzene rings is 10. The van der Waals surface area contributed by atoms with Gasteiger partial charge in [0.2, 0.25) is 9.23 Å². The molecule has 0 saturated carbocycles. The van der Waals surface area contributed by atoms with Crippen LogP contribution in [0.2, 0.25) is 10.2 Å². The molecule has 0 aliphatic rings. The van der Waals surface area contributed by atoms with Gasteiger partial charge in [-0.25, -0.2) is 51.1 Å². The van der Waals surface area contributed by atoms with Crippen LogP contribution in [0.1, 0.15) is 11.1 Å². The monoisotopic (exact) mass is 1380 g/mol. The van der Waals surface area contributed by atoms with E-state index in [2.05, 4.69) is 51.3 Å². The fourth-order valence-corrected chi connectivity index (χ4v) is 8.78. The summed E-state index contributed by atoms with van der Waals surface area (Å²) < 4.78 is 72.6. The summed E-state index contributed by atoms with van der Waals surface area (Å²) in [5.74, 6) is -0.953. The van der Waals surface area contributed by atoms with Gasteiger partial charge in [-0.2, -0.15) is 10.5 Å². The van der Waals surface area contributed by atoms with Crippen molar-refractivity contribution in [2.75, 3.05) is 17.2 Å². The van der Waals surface area contributed by atoms with E-state index in [0.29, 0.717) is 54.9 Å². The maximum atomic E-state index is 12.9. The lowest BCUT2D eigenvalue weighted by molar-refractivity contribution is 0.425. The van der Waals surface area contributed by atoms with E-state index in [1.54, 1.807) is 91.0 Å². The number of halogens is 9. The van der Waals surface area contributed by atoms with Crippen LogP contribution in [-0.4, -0.2) is 56.8 Å². The van der Waals surface area contributed by atoms with Gasteiger partial charge in [0.25, 0.3) is 5.56 Å². The van der Waals surface area contributed by atoms with Gasteiger partial charge in [0, 0.05) is 37.2 Å². The average Bonchev–Trinajstić information content (AvgIpc) is 0.843. The van der Waals surface area contributed by atoms with Crippen LogP contribution in [0.5, 0.6) is 0 Å². The van der Waals surface area contributed by atoms with Crippen LogP contribution < -0.4 is 28.2 Å². The van der Waals surface area contributed by atoms with Gasteiger partial charge >= 0.3 is 7.12 Å². The van der Waals surface area contributed by atoms with Crippen molar-refractivity contribution >= 4 is 116 Å². The predicted octanol–water partition coefficient (Wildman–Crippen LogP) is 14.3. The topological polar surface area (TPSA) is 312 Å². The molecule has 478 valence electrons. The molecule has 0 spiro atoms. The number of nitrogen functional groups attached to an aromatic ring is 3. The summed E-state index contributed by atoms with van der Waals surface area (Å²) in [7, 11) is 5.84. The number of nitrogens with two attached hydrogens (primary N) is 3. The highest BCUT2D eigenvalue weighted by atomic mass is 36.0. The summed E-state index contributed by atoms with van der Waals surface area (Å²) in [6.45, 7) is 0. The Hall–Kier alpha value is -10.7. The molecular formula is C68H49BCl4F5N11O5S. The van der Waals surface area contributed by atoms with Crippen molar-refractivity contribution in [1.29, 1.82) is 10.5 Å². The number of nitrogens with zero attached hydrogens (tertiary/aromatic N) is 7. The molecule has 11 N–H and O–H groups in total. The van der Waals surface area contributed by atoms with Crippen LogP contribution in [0, 0.1) is 51.7 Å². The van der Waals surface area contributed by atoms with E-state index in [4.69, 9.17) is 65.2 Å². The van der Waals surface area contributed by atoms with Crippen LogP contribution in [0.3, 0.4) is 0 Å². The normalized spacial score (nSPS) is 10.0. The molecule has 0 saturated heterocycles. The molecule has 13 aromatic rings. The first-order valence-corrected chi connectivity index (χ1v) is 30.7. The van der Waals surface area contributed by atoms with Gasteiger partial charge in [-0.3, -0.25) is 4.79 Å². The number of fused-ring (bicyclic) bond motifs is 3. The summed E-state index contributed by atoms with van der Waals surface area (Å²) in [4.78, 5) is 34.4. The Morgan fingerprint density at radius 3 is 1.19 bits per heavy atom. The number of aromatic amines is 1. The predicted molar refractivity (Wildman–Crippen MR) is 368 cm³/mol. The molecule has 10 aromatic carbocycles. The summed E-state index contributed by atoms with van der Waals surface area (Å²) >= 11 is 11.6. The van der Waals surface area contributed by atoms with Gasteiger partial charge in [0.15, 0.2) is 0 Å². The summed E-state index contributed by atoms with van der Waals surface area (Å²) in [5.41, 5.74) is 28.3. The van der Waals surface area contributed by atoms with Gasteiger partial charge in [0.05, 0.1) is 50.8 Å². The molecule has 95 heavy (non-hydrogen) atoms. The molecule has 27 heteroatoms. The van der Waals surface area contributed by atoms with E-state index in [0.717, 1.165) is 66.3 Å². The van der Waals surface area contributed by atoms with Gasteiger partial charge < -0.3 is 37.7 Å². The third-order valence-electron chi connectivity index (χ3n) is 13.1. The highest BCUT2D eigenvalue weighted by molar-refractivity contribution is 8.26. The quantitative estimate of drug-likeness (QED) is 0.0307. The zero-order chi connectivity index (χ0) is 67.8. The van der Waals surface area contributed by atoms with Crippen molar-refractivity contribution in [1.82, 2.24) is 29.9 Å². The molecule has 0 fully saturated rings. The zero-order valence-corrected chi connectivity index (χ0v) is 52.7. The Balaban J connectivity index is 0.000000180. The van der Waals surface area contributed by atoms with Crippen LogP contribution in [0.25, 0.3) is 77.2 Å². The van der Waals surface area contributed by atoms with Gasteiger partial charge in [0.1, 0.15) is 64.9 Å². The zero-order valence-electron chi connectivity index (χ0n) is 48.9. The third kappa shape index (κ3) is 22.0. The minimum Gasteiger partial charge on any atom is -0.423 e. The van der Waals surface area contributed by atoms with Crippen LogP contribution in [0.4, 0.5) is 39.1 Å². The Kier molecular flexibility index (Phi) is 27.8. The number of nitrogens with one attached hydrogen (secondary N) is 1. The number of hydrogen-bond acceptors (Lipinski definition) is 14. The molecule has 0 bridgehead atoms. The number of anilines is 3. The second-order valence-electron chi connectivity index (χ2n) is 19.2. The van der Waals surface area contributed by atoms with Crippen molar-refractivity contribution in [3.63, 3.8) is 0 Å². The first-order valence-electron chi connectivity index (χ1n) is 27.1. The van der Waals surface area contributed by atoms with Crippen molar-refractivity contribution in [2.45, 2.75) is 0 Å². The molecule has 0 unspecified atom stereocenters. The maximum Gasteiger partial charge on any atom is 0.488 e. The fraction of sp³-hybridized carbons (Fsp3) is 0. The molecule has 0 amide bonds. The second-order valence-corrected chi connectivity index (χ2v) is 22.6. The number of rotatable bonds is 5. The standard InChI is InChI=1S/C14H8ClFN2.C14H10FN3.C14H9FN2O.C13H9FN2.C7H5ClN2.C6H6BFO2.Cl2OS.H2O/c15-14-12-6-3-10(7-13(12)17-8-18-14)9-1-4-11(16)5-2-9;15-11-4-1-9(2-5-11)10-3-6-12-13(7-10)17-8-18-14(12)16;15-11-4-1-9(2-5-11)10-3-6-12-13(7-10)16-8-17-14(12)18;14-12-5-3-9(4-6-12)10-1-2-11(8-15)13(16)7-10;8-6-2-1-5(4-9)7(10)3-6;8-6-3-1-5(2-4-6)7(9)10;1-4(2)3;/h1-8H;1-8H,(H2,16,17,18);1-8H,(H,16,17,18);1-7H,16H2;1-3H,10H2;1-4,9-10H;;1H2. The Bertz CT molecular complexity index is 4770. The molecule has 0 radical (unpaired) electrons. The summed E-state index contributed by atoms with van der Waals surface area (Å²) in [6.07, 6.45) is 4.24. The Morgan fingerprint density at radius 1 is 0.442 bits per heavy atom. The number of hydrogen-bond donors (Lipinski definition) is 6. The average molecular weight is 1380 g/mol. The van der Waals surface area contributed by atoms with Crippen LogP contribution in [-0.2, 0) is 9.23 Å². The highest BCUT2D eigenvalue weighted by Gasteiger charge is 2.10. The molecular weight excluding hydrogens is 1330 g/mol. The molecule has 0 aliphatic carbocycles. The Labute approximate surface area is 560 Å². The SMILES string of the molecule is Fc1ccc(-c2ccc3c(Cl)ncnc3c2)cc1.N#Cc1ccc(-c2ccc(F)cc2)cc1N.N#Cc1ccc(Cl)cc1N.Nc1ncnc2cc(-c3ccc(F)cc3)ccc12.O.O=S(Cl)Cl.O=c1[nH]cnc2cc(-c3ccc(F)cc3)ccc12.OB(O)c1ccc(F)cc1. The molecule has 0 atom stereocenters. The van der Waals surface area contributed by atoms with Crippen molar-refractivity contribution in [2.24, 2.45) is 0 Å². The van der Waals surface area contributed by atoms with E-state index in [9.17, 15) is 26.7 Å². The Morgan fingerprint density at radius 2 is 0.779 bits per heavy atom. The number of aromatic nitrogens is 6. The molecule has 0 aliphatic heterocycles. The van der Waals surface area contributed by atoms with Crippen LogP contribution >= 0.6 is 44.6 Å². The van der Waals surface area contributed by atoms with Gasteiger partial charge in [-0.15, -0.1) is 0 Å². The lowest BCUT2D eigenvalue weighted by Gasteiger charge is -2.04. The highest BCUT2D eigenvalue weighted by Crippen LogP contribution is 2.29. The number of H-pyrrole nitrogens is 1. The molecule has 3 heterocycles. The van der Waals surface area contributed by atoms with Crippen molar-refractivity contribution in [3.8, 4) is 56.6 Å². The van der Waals surface area contributed by atoms with E-state index >= 15 is 0 Å². The third-order valence-corrected chi connectivity index (χ3v) is 13.6. The minimum atomic E-state index is -1.67.